The van der Waals surface area contributed by atoms with Crippen LogP contribution in [0, 0.1) is 5.92 Å². The van der Waals surface area contributed by atoms with Crippen LogP contribution in [0.2, 0.25) is 0 Å². The van der Waals surface area contributed by atoms with Crippen molar-refractivity contribution in [3.63, 3.8) is 0 Å². The molecule has 2 fully saturated rings. The molecule has 1 aromatic rings. The molecule has 2 bridgehead atoms. The van der Waals surface area contributed by atoms with Crippen molar-refractivity contribution < 1.29 is 9.59 Å². The molecule has 0 aliphatic carbocycles. The number of nitrogens with zero attached hydrogens (tertiary/aromatic N) is 1. The van der Waals surface area contributed by atoms with Crippen molar-refractivity contribution in [1.82, 2.24) is 20.9 Å². The van der Waals surface area contributed by atoms with E-state index in [-0.39, 0.29) is 11.8 Å². The molecule has 3 N–H and O–H groups in total. The summed E-state index contributed by atoms with van der Waals surface area (Å²) in [6.07, 6.45) is 9.04. The molecule has 2 amide bonds. The fraction of sp³-hybridized carbons (Fsp3) is 0.611. The fourth-order valence-electron chi connectivity index (χ4n) is 3.78. The highest BCUT2D eigenvalue weighted by Gasteiger charge is 2.34. The first kappa shape index (κ1) is 16.9. The minimum atomic E-state index is -0.0564. The standard InChI is InChI=1S/C18H26N4O2/c23-17(21-12-13-2-1-6-19-11-13)5-7-20-18(24)10-14-8-15-3-4-16(9-14)22-15/h1-2,6,11,14-16,22H,3-5,7-10,12H2,(H,20,24)(H,21,23). The second-order valence-corrected chi connectivity index (χ2v) is 6.92. The second kappa shape index (κ2) is 8.24. The number of nitrogens with one attached hydrogen (secondary N) is 3. The van der Waals surface area contributed by atoms with Gasteiger partial charge in [-0.15, -0.1) is 0 Å². The van der Waals surface area contributed by atoms with Crippen LogP contribution in [0.3, 0.4) is 0 Å². The van der Waals surface area contributed by atoms with Gasteiger partial charge in [-0.25, -0.2) is 0 Å². The van der Waals surface area contributed by atoms with E-state index in [1.54, 1.807) is 12.4 Å². The number of aromatic nitrogens is 1. The zero-order valence-corrected chi connectivity index (χ0v) is 14.0. The van der Waals surface area contributed by atoms with E-state index in [1.807, 2.05) is 12.1 Å². The summed E-state index contributed by atoms with van der Waals surface area (Å²) in [5, 5.41) is 9.30. The van der Waals surface area contributed by atoms with Crippen molar-refractivity contribution in [3.05, 3.63) is 30.1 Å². The van der Waals surface area contributed by atoms with Crippen LogP contribution in [0.25, 0.3) is 0 Å². The minimum Gasteiger partial charge on any atom is -0.356 e. The summed E-state index contributed by atoms with van der Waals surface area (Å²) in [5.74, 6) is 0.503. The summed E-state index contributed by atoms with van der Waals surface area (Å²) in [5.41, 5.74) is 0.968. The Bertz CT molecular complexity index is 551. The predicted molar refractivity (Wildman–Crippen MR) is 91.0 cm³/mol. The third-order valence-electron chi connectivity index (χ3n) is 4.93. The number of carbonyl (C=O) groups excluding carboxylic acids is 2. The lowest BCUT2D eigenvalue weighted by atomic mass is 9.89. The number of hydrogen-bond donors (Lipinski definition) is 3. The molecule has 2 saturated heterocycles. The quantitative estimate of drug-likeness (QED) is 0.700. The number of carbonyl (C=O) groups is 2. The highest BCUT2D eigenvalue weighted by atomic mass is 16.2. The van der Waals surface area contributed by atoms with Gasteiger partial charge in [-0.2, -0.15) is 0 Å². The zero-order valence-electron chi connectivity index (χ0n) is 14.0. The van der Waals surface area contributed by atoms with E-state index in [0.717, 1.165) is 18.4 Å². The molecule has 3 rings (SSSR count). The van der Waals surface area contributed by atoms with Crippen LogP contribution in [0.4, 0.5) is 0 Å². The smallest absolute Gasteiger partial charge is 0.222 e. The number of amides is 2. The molecule has 24 heavy (non-hydrogen) atoms. The minimum absolute atomic E-state index is 0.0564. The molecular formula is C18H26N4O2. The monoisotopic (exact) mass is 330 g/mol. The Labute approximate surface area is 142 Å². The molecule has 0 spiro atoms. The molecule has 1 aromatic heterocycles. The third kappa shape index (κ3) is 5.03. The first-order valence-corrected chi connectivity index (χ1v) is 8.87. The Morgan fingerprint density at radius 3 is 2.67 bits per heavy atom. The van der Waals surface area contributed by atoms with Gasteiger partial charge >= 0.3 is 0 Å². The summed E-state index contributed by atoms with van der Waals surface area (Å²) in [6, 6.07) is 4.98. The van der Waals surface area contributed by atoms with Crippen molar-refractivity contribution in [3.8, 4) is 0 Å². The van der Waals surface area contributed by atoms with Gasteiger partial charge in [0.15, 0.2) is 0 Å². The summed E-state index contributed by atoms with van der Waals surface area (Å²) in [7, 11) is 0. The summed E-state index contributed by atoms with van der Waals surface area (Å²) < 4.78 is 0. The SMILES string of the molecule is O=C(CCNC(=O)CC1CC2CCC(C1)N2)NCc1cccnc1. The Kier molecular flexibility index (Phi) is 5.80. The van der Waals surface area contributed by atoms with E-state index < -0.39 is 0 Å². The lowest BCUT2D eigenvalue weighted by Gasteiger charge is -2.28. The van der Waals surface area contributed by atoms with Gasteiger partial charge in [-0.3, -0.25) is 14.6 Å². The molecule has 130 valence electrons. The summed E-state index contributed by atoms with van der Waals surface area (Å²) in [6.45, 7) is 0.869. The first-order chi connectivity index (χ1) is 11.7. The zero-order chi connectivity index (χ0) is 16.8. The number of hydrogen-bond acceptors (Lipinski definition) is 4. The van der Waals surface area contributed by atoms with Crippen LogP contribution < -0.4 is 16.0 Å². The van der Waals surface area contributed by atoms with Crippen molar-refractivity contribution in [2.24, 2.45) is 5.92 Å². The molecular weight excluding hydrogens is 304 g/mol. The van der Waals surface area contributed by atoms with E-state index >= 15 is 0 Å². The predicted octanol–water partition coefficient (Wildman–Crippen LogP) is 1.12. The number of pyridine rings is 1. The van der Waals surface area contributed by atoms with Crippen LogP contribution in [0.1, 0.15) is 44.1 Å². The maximum Gasteiger partial charge on any atom is 0.222 e. The van der Waals surface area contributed by atoms with Crippen LogP contribution in [0.5, 0.6) is 0 Å². The van der Waals surface area contributed by atoms with E-state index in [1.165, 1.54) is 12.8 Å². The van der Waals surface area contributed by atoms with Crippen LogP contribution >= 0.6 is 0 Å². The Balaban J connectivity index is 1.28. The van der Waals surface area contributed by atoms with E-state index in [9.17, 15) is 9.59 Å². The topological polar surface area (TPSA) is 83.1 Å². The Morgan fingerprint density at radius 2 is 1.96 bits per heavy atom. The third-order valence-corrected chi connectivity index (χ3v) is 4.93. The molecule has 0 saturated carbocycles. The highest BCUT2D eigenvalue weighted by molar-refractivity contribution is 5.79. The van der Waals surface area contributed by atoms with Gasteiger partial charge in [-0.1, -0.05) is 6.07 Å². The van der Waals surface area contributed by atoms with Gasteiger partial charge in [0.25, 0.3) is 0 Å². The molecule has 2 atom stereocenters. The molecule has 0 radical (unpaired) electrons. The average molecular weight is 330 g/mol. The summed E-state index contributed by atoms with van der Waals surface area (Å²) >= 11 is 0. The van der Waals surface area contributed by atoms with Gasteiger partial charge in [0.1, 0.15) is 0 Å². The van der Waals surface area contributed by atoms with Crippen LogP contribution in [-0.2, 0) is 16.1 Å². The molecule has 2 unspecified atom stereocenters. The molecule has 6 nitrogen and oxygen atoms in total. The van der Waals surface area contributed by atoms with E-state index in [4.69, 9.17) is 0 Å². The maximum atomic E-state index is 12.0. The largest absolute Gasteiger partial charge is 0.356 e. The number of piperidine rings is 1. The van der Waals surface area contributed by atoms with Gasteiger partial charge in [0.2, 0.25) is 11.8 Å². The maximum absolute atomic E-state index is 12.0. The first-order valence-electron chi connectivity index (χ1n) is 8.87. The number of fused-ring (bicyclic) bond motifs is 2. The molecule has 2 aliphatic heterocycles. The average Bonchev–Trinajstić information content (AvgIpc) is 2.92. The molecule has 6 heteroatoms. The second-order valence-electron chi connectivity index (χ2n) is 6.92. The van der Waals surface area contributed by atoms with Crippen LogP contribution in [-0.4, -0.2) is 35.4 Å². The van der Waals surface area contributed by atoms with Crippen molar-refractivity contribution in [2.45, 2.75) is 57.2 Å². The number of rotatable bonds is 7. The van der Waals surface area contributed by atoms with Gasteiger partial charge in [-0.05, 0) is 43.2 Å². The van der Waals surface area contributed by atoms with Crippen molar-refractivity contribution in [2.75, 3.05) is 6.54 Å². The lowest BCUT2D eigenvalue weighted by molar-refractivity contribution is -0.123. The Hall–Kier alpha value is -1.95. The van der Waals surface area contributed by atoms with E-state index in [0.29, 0.717) is 43.9 Å². The van der Waals surface area contributed by atoms with E-state index in [2.05, 4.69) is 20.9 Å². The molecule has 2 aliphatic rings. The van der Waals surface area contributed by atoms with Crippen molar-refractivity contribution >= 4 is 11.8 Å². The van der Waals surface area contributed by atoms with Gasteiger partial charge < -0.3 is 16.0 Å². The normalized spacial score (nSPS) is 25.2. The highest BCUT2D eigenvalue weighted by Crippen LogP contribution is 2.32. The van der Waals surface area contributed by atoms with Gasteiger partial charge in [0.05, 0.1) is 0 Å². The fourth-order valence-corrected chi connectivity index (χ4v) is 3.78. The molecule has 3 heterocycles. The van der Waals surface area contributed by atoms with Crippen molar-refractivity contribution in [1.29, 1.82) is 0 Å². The van der Waals surface area contributed by atoms with Crippen LogP contribution in [0.15, 0.2) is 24.5 Å². The van der Waals surface area contributed by atoms with Gasteiger partial charge in [0, 0.05) is 50.4 Å². The Morgan fingerprint density at radius 1 is 1.17 bits per heavy atom. The lowest BCUT2D eigenvalue weighted by Crippen LogP contribution is -2.40. The summed E-state index contributed by atoms with van der Waals surface area (Å²) in [4.78, 5) is 27.8. The molecule has 0 aromatic carbocycles.